The van der Waals surface area contributed by atoms with Crippen molar-refractivity contribution in [2.45, 2.75) is 0 Å². The third kappa shape index (κ3) is 3.42. The predicted molar refractivity (Wildman–Crippen MR) is 99.1 cm³/mol. The van der Waals surface area contributed by atoms with Crippen LogP contribution in [-0.2, 0) is 9.59 Å². The van der Waals surface area contributed by atoms with E-state index in [1.807, 2.05) is 0 Å². The topological polar surface area (TPSA) is 49.4 Å². The summed E-state index contributed by atoms with van der Waals surface area (Å²) in [6.07, 6.45) is 1.14. The van der Waals surface area contributed by atoms with Crippen molar-refractivity contribution in [2.24, 2.45) is 0 Å². The SMILES string of the molecule is O=C1NC(=S)N(c2ccc(Cl)cc2)C(=O)/C1=C/c1cccc(Cl)c1F. The van der Waals surface area contributed by atoms with Crippen molar-refractivity contribution in [3.05, 3.63) is 69.5 Å². The zero-order valence-electron chi connectivity index (χ0n) is 12.4. The molecular weight excluding hydrogens is 386 g/mol. The molecule has 1 aliphatic heterocycles. The van der Waals surface area contributed by atoms with Crippen molar-refractivity contribution in [1.82, 2.24) is 5.32 Å². The van der Waals surface area contributed by atoms with Gasteiger partial charge < -0.3 is 0 Å². The van der Waals surface area contributed by atoms with Crippen LogP contribution in [0.5, 0.6) is 0 Å². The zero-order chi connectivity index (χ0) is 18.1. The monoisotopic (exact) mass is 394 g/mol. The summed E-state index contributed by atoms with van der Waals surface area (Å²) < 4.78 is 14.1. The van der Waals surface area contributed by atoms with E-state index in [0.717, 1.165) is 11.0 Å². The molecule has 0 atom stereocenters. The van der Waals surface area contributed by atoms with Crippen LogP contribution >= 0.6 is 35.4 Å². The summed E-state index contributed by atoms with van der Waals surface area (Å²) in [5.41, 5.74) is 0.191. The molecule has 2 aromatic carbocycles. The quantitative estimate of drug-likeness (QED) is 0.476. The van der Waals surface area contributed by atoms with E-state index in [-0.39, 0.29) is 21.3 Å². The number of amides is 2. The van der Waals surface area contributed by atoms with Crippen LogP contribution in [0, 0.1) is 5.82 Å². The average Bonchev–Trinajstić information content (AvgIpc) is 2.56. The maximum absolute atomic E-state index is 14.1. The normalized spacial score (nSPS) is 16.4. The molecule has 4 nitrogen and oxygen atoms in total. The number of hydrogen-bond acceptors (Lipinski definition) is 3. The summed E-state index contributed by atoms with van der Waals surface area (Å²) in [7, 11) is 0. The van der Waals surface area contributed by atoms with Crippen molar-refractivity contribution < 1.29 is 14.0 Å². The molecule has 126 valence electrons. The van der Waals surface area contributed by atoms with E-state index in [1.54, 1.807) is 24.3 Å². The summed E-state index contributed by atoms with van der Waals surface area (Å²) >= 11 is 16.7. The number of rotatable bonds is 2. The Hall–Kier alpha value is -2.28. The number of nitrogens with one attached hydrogen (secondary N) is 1. The Morgan fingerprint density at radius 2 is 1.76 bits per heavy atom. The van der Waals surface area contributed by atoms with Crippen LogP contribution in [0.15, 0.2) is 48.0 Å². The number of carbonyl (C=O) groups excluding carboxylic acids is 2. The predicted octanol–water partition coefficient (Wildman–Crippen LogP) is 3.96. The minimum atomic E-state index is -0.719. The van der Waals surface area contributed by atoms with Crippen molar-refractivity contribution in [3.8, 4) is 0 Å². The first-order chi connectivity index (χ1) is 11.9. The molecule has 2 aromatic rings. The number of carbonyl (C=O) groups is 2. The fraction of sp³-hybridized carbons (Fsp3) is 0. The smallest absolute Gasteiger partial charge is 0.270 e. The van der Waals surface area contributed by atoms with Gasteiger partial charge in [-0.05, 0) is 48.6 Å². The van der Waals surface area contributed by atoms with Gasteiger partial charge in [0.15, 0.2) is 5.11 Å². The maximum atomic E-state index is 14.1. The van der Waals surface area contributed by atoms with Crippen LogP contribution in [0.2, 0.25) is 10.0 Å². The number of benzene rings is 2. The molecule has 0 aromatic heterocycles. The Kier molecular flexibility index (Phi) is 4.85. The van der Waals surface area contributed by atoms with Gasteiger partial charge in [0.2, 0.25) is 0 Å². The summed E-state index contributed by atoms with van der Waals surface area (Å²) in [6.45, 7) is 0. The van der Waals surface area contributed by atoms with Gasteiger partial charge in [0, 0.05) is 10.6 Å². The van der Waals surface area contributed by atoms with Crippen molar-refractivity contribution in [1.29, 1.82) is 0 Å². The molecule has 0 bridgehead atoms. The highest BCUT2D eigenvalue weighted by Crippen LogP contribution is 2.25. The van der Waals surface area contributed by atoms with Crippen LogP contribution < -0.4 is 10.2 Å². The van der Waals surface area contributed by atoms with Gasteiger partial charge in [0.1, 0.15) is 11.4 Å². The van der Waals surface area contributed by atoms with Gasteiger partial charge in [-0.2, -0.15) is 0 Å². The van der Waals surface area contributed by atoms with Gasteiger partial charge in [-0.3, -0.25) is 19.8 Å². The van der Waals surface area contributed by atoms with Crippen molar-refractivity contribution in [2.75, 3.05) is 4.90 Å². The molecule has 2 amide bonds. The van der Waals surface area contributed by atoms with E-state index >= 15 is 0 Å². The van der Waals surface area contributed by atoms with Gasteiger partial charge in [0.25, 0.3) is 11.8 Å². The number of anilines is 1. The summed E-state index contributed by atoms with van der Waals surface area (Å²) in [5.74, 6) is -2.10. The van der Waals surface area contributed by atoms with Crippen LogP contribution in [0.3, 0.4) is 0 Å². The highest BCUT2D eigenvalue weighted by molar-refractivity contribution is 7.80. The Bertz CT molecular complexity index is 929. The lowest BCUT2D eigenvalue weighted by Crippen LogP contribution is -2.54. The second kappa shape index (κ2) is 6.92. The van der Waals surface area contributed by atoms with Crippen molar-refractivity contribution >= 4 is 64.1 Å². The molecule has 1 saturated heterocycles. The first-order valence-corrected chi connectivity index (χ1v) is 8.16. The van der Waals surface area contributed by atoms with Crippen molar-refractivity contribution in [3.63, 3.8) is 0 Å². The molecule has 0 spiro atoms. The Balaban J connectivity index is 2.05. The Morgan fingerprint density at radius 1 is 1.08 bits per heavy atom. The average molecular weight is 395 g/mol. The molecule has 0 unspecified atom stereocenters. The fourth-order valence-electron chi connectivity index (χ4n) is 2.27. The molecular formula is C17H9Cl2FN2O2S. The summed E-state index contributed by atoms with van der Waals surface area (Å²) in [6, 6.07) is 10.6. The number of hydrogen-bond donors (Lipinski definition) is 1. The van der Waals surface area contributed by atoms with Crippen LogP contribution in [-0.4, -0.2) is 16.9 Å². The molecule has 0 saturated carbocycles. The summed E-state index contributed by atoms with van der Waals surface area (Å²) in [5, 5.41) is 2.73. The minimum Gasteiger partial charge on any atom is -0.298 e. The fourth-order valence-corrected chi connectivity index (χ4v) is 2.86. The number of thiocarbonyl (C=S) groups is 1. The van der Waals surface area contributed by atoms with E-state index < -0.39 is 17.6 Å². The van der Waals surface area contributed by atoms with E-state index in [0.29, 0.717) is 10.7 Å². The van der Waals surface area contributed by atoms with E-state index in [1.165, 1.54) is 18.2 Å². The molecule has 1 fully saturated rings. The Morgan fingerprint density at radius 3 is 2.44 bits per heavy atom. The lowest BCUT2D eigenvalue weighted by molar-refractivity contribution is -0.122. The van der Waals surface area contributed by atoms with E-state index in [9.17, 15) is 14.0 Å². The maximum Gasteiger partial charge on any atom is 0.270 e. The lowest BCUT2D eigenvalue weighted by Gasteiger charge is -2.29. The molecule has 0 aliphatic carbocycles. The van der Waals surface area contributed by atoms with E-state index in [4.69, 9.17) is 35.4 Å². The third-order valence-corrected chi connectivity index (χ3v) is 4.30. The molecule has 1 aliphatic rings. The molecule has 25 heavy (non-hydrogen) atoms. The van der Waals surface area contributed by atoms with Gasteiger partial charge in [-0.25, -0.2) is 4.39 Å². The highest BCUT2D eigenvalue weighted by atomic mass is 35.5. The molecule has 0 radical (unpaired) electrons. The van der Waals surface area contributed by atoms with Gasteiger partial charge in [0.05, 0.1) is 10.7 Å². The zero-order valence-corrected chi connectivity index (χ0v) is 14.8. The number of halogens is 3. The summed E-state index contributed by atoms with van der Waals surface area (Å²) in [4.78, 5) is 26.0. The van der Waals surface area contributed by atoms with Gasteiger partial charge in [-0.15, -0.1) is 0 Å². The molecule has 1 N–H and O–H groups in total. The second-order valence-corrected chi connectivity index (χ2v) is 6.31. The highest BCUT2D eigenvalue weighted by Gasteiger charge is 2.34. The first-order valence-electron chi connectivity index (χ1n) is 6.99. The third-order valence-electron chi connectivity index (χ3n) is 3.47. The van der Waals surface area contributed by atoms with Crippen LogP contribution in [0.25, 0.3) is 6.08 Å². The van der Waals surface area contributed by atoms with Gasteiger partial charge in [-0.1, -0.05) is 35.3 Å². The Labute approximate surface area is 157 Å². The number of nitrogens with zero attached hydrogens (tertiary/aromatic N) is 1. The van der Waals surface area contributed by atoms with E-state index in [2.05, 4.69) is 5.32 Å². The standard InChI is InChI=1S/C17H9Cl2FN2O2S/c18-10-4-6-11(7-5-10)22-16(24)12(15(23)21-17(22)25)8-9-2-1-3-13(19)14(9)20/h1-8H,(H,21,23,25)/b12-8+. The molecule has 1 heterocycles. The van der Waals surface area contributed by atoms with Crippen LogP contribution in [0.1, 0.15) is 5.56 Å². The lowest BCUT2D eigenvalue weighted by atomic mass is 10.1. The van der Waals surface area contributed by atoms with Gasteiger partial charge >= 0.3 is 0 Å². The first kappa shape index (κ1) is 17.5. The van der Waals surface area contributed by atoms with Crippen LogP contribution in [0.4, 0.5) is 10.1 Å². The largest absolute Gasteiger partial charge is 0.298 e. The minimum absolute atomic E-state index is 0.0230. The molecule has 3 rings (SSSR count). The second-order valence-electron chi connectivity index (χ2n) is 5.08. The molecule has 8 heteroatoms.